The molecule has 0 saturated carbocycles. The minimum Gasteiger partial charge on any atom is -0.330 e. The van der Waals surface area contributed by atoms with Crippen molar-refractivity contribution in [2.45, 2.75) is 31.3 Å². The molecule has 6 nitrogen and oxygen atoms in total. The average Bonchev–Trinajstić information content (AvgIpc) is 3.18. The number of carbonyl (C=O) groups is 1. The van der Waals surface area contributed by atoms with Crippen molar-refractivity contribution in [1.82, 2.24) is 24.3 Å². The molecule has 2 aliphatic heterocycles. The SMILES string of the molecule is CN1CCC2CC[C@H](C1)N2C(=O)c1cccc(-n2ccnc2)n1. The lowest BCUT2D eigenvalue weighted by atomic mass is 10.1. The van der Waals surface area contributed by atoms with Gasteiger partial charge in [0.05, 0.1) is 0 Å². The van der Waals surface area contributed by atoms with Crippen molar-refractivity contribution in [2.24, 2.45) is 0 Å². The minimum absolute atomic E-state index is 0.0646. The van der Waals surface area contributed by atoms with Crippen LogP contribution in [0, 0.1) is 0 Å². The molecule has 0 aliphatic carbocycles. The van der Waals surface area contributed by atoms with Crippen LogP contribution in [0.4, 0.5) is 0 Å². The Kier molecular flexibility index (Phi) is 3.61. The van der Waals surface area contributed by atoms with Gasteiger partial charge in [-0.15, -0.1) is 0 Å². The van der Waals surface area contributed by atoms with Gasteiger partial charge in [-0.05, 0) is 45.0 Å². The molecule has 1 unspecified atom stereocenters. The molecule has 4 rings (SSSR count). The molecule has 2 aromatic heterocycles. The Bertz CT molecular complexity index is 699. The molecular weight excluding hydrogens is 290 g/mol. The molecule has 1 amide bonds. The van der Waals surface area contributed by atoms with Gasteiger partial charge in [0.15, 0.2) is 0 Å². The van der Waals surface area contributed by atoms with Crippen LogP contribution in [0.2, 0.25) is 0 Å². The molecule has 2 bridgehead atoms. The molecule has 0 N–H and O–H groups in total. The normalized spacial score (nSPS) is 24.7. The number of hydrogen-bond donors (Lipinski definition) is 0. The molecule has 0 spiro atoms. The number of carbonyl (C=O) groups excluding carboxylic acids is 1. The van der Waals surface area contributed by atoms with Crippen LogP contribution in [0.5, 0.6) is 0 Å². The van der Waals surface area contributed by atoms with E-state index in [1.807, 2.05) is 29.0 Å². The molecule has 2 aromatic rings. The Hall–Kier alpha value is -2.21. The molecule has 120 valence electrons. The second-order valence-corrected chi connectivity index (χ2v) is 6.50. The minimum atomic E-state index is 0.0646. The van der Waals surface area contributed by atoms with Crippen molar-refractivity contribution in [2.75, 3.05) is 20.1 Å². The standard InChI is InChI=1S/C17H21N5O/c1-20-9-7-13-5-6-14(11-20)22(13)17(23)15-3-2-4-16(19-15)21-10-8-18-12-21/h2-4,8,10,12-14H,5-7,9,11H2,1H3/t13?,14-/m1/s1. The highest BCUT2D eigenvalue weighted by Gasteiger charge is 2.40. The average molecular weight is 311 g/mol. The molecule has 2 fully saturated rings. The quantitative estimate of drug-likeness (QED) is 0.845. The molecule has 2 atom stereocenters. The summed E-state index contributed by atoms with van der Waals surface area (Å²) in [6, 6.07) is 6.27. The van der Waals surface area contributed by atoms with Crippen molar-refractivity contribution in [3.8, 4) is 5.82 Å². The molecule has 6 heteroatoms. The zero-order valence-corrected chi connectivity index (χ0v) is 13.3. The van der Waals surface area contributed by atoms with Gasteiger partial charge in [0.1, 0.15) is 17.8 Å². The van der Waals surface area contributed by atoms with Gasteiger partial charge in [0.2, 0.25) is 0 Å². The maximum Gasteiger partial charge on any atom is 0.273 e. The van der Waals surface area contributed by atoms with Crippen LogP contribution in [0.15, 0.2) is 36.9 Å². The van der Waals surface area contributed by atoms with E-state index in [0.717, 1.165) is 38.2 Å². The first kappa shape index (κ1) is 14.4. The van der Waals surface area contributed by atoms with Crippen LogP contribution in [-0.4, -0.2) is 62.5 Å². The monoisotopic (exact) mass is 311 g/mol. The van der Waals surface area contributed by atoms with Gasteiger partial charge in [-0.3, -0.25) is 9.36 Å². The molecule has 2 aliphatic rings. The van der Waals surface area contributed by atoms with Crippen LogP contribution in [0.25, 0.3) is 5.82 Å². The third-order valence-electron chi connectivity index (χ3n) is 4.94. The number of nitrogens with zero attached hydrogens (tertiary/aromatic N) is 5. The van der Waals surface area contributed by atoms with Gasteiger partial charge in [0.25, 0.3) is 5.91 Å². The van der Waals surface area contributed by atoms with Crippen LogP contribution >= 0.6 is 0 Å². The number of likely N-dealkylation sites (tertiary alicyclic amines) is 1. The second kappa shape index (κ2) is 5.77. The Morgan fingerprint density at radius 3 is 2.91 bits per heavy atom. The summed E-state index contributed by atoms with van der Waals surface area (Å²) in [5.41, 5.74) is 0.526. The van der Waals surface area contributed by atoms with Gasteiger partial charge in [-0.1, -0.05) is 6.07 Å². The second-order valence-electron chi connectivity index (χ2n) is 6.50. The lowest BCUT2D eigenvalue weighted by Gasteiger charge is -2.28. The fourth-order valence-corrected chi connectivity index (χ4v) is 3.79. The van der Waals surface area contributed by atoms with Crippen molar-refractivity contribution in [3.05, 3.63) is 42.6 Å². The molecule has 2 saturated heterocycles. The summed E-state index contributed by atoms with van der Waals surface area (Å²) in [4.78, 5) is 26.1. The number of aromatic nitrogens is 3. The fourth-order valence-electron chi connectivity index (χ4n) is 3.79. The van der Waals surface area contributed by atoms with E-state index in [9.17, 15) is 4.79 Å². The van der Waals surface area contributed by atoms with Crippen molar-refractivity contribution in [1.29, 1.82) is 0 Å². The highest BCUT2D eigenvalue weighted by atomic mass is 16.2. The molecule has 4 heterocycles. The van der Waals surface area contributed by atoms with Crippen molar-refractivity contribution < 1.29 is 4.79 Å². The summed E-state index contributed by atoms with van der Waals surface area (Å²) in [6.45, 7) is 2.02. The number of imidazole rings is 1. The van der Waals surface area contributed by atoms with Crippen molar-refractivity contribution in [3.63, 3.8) is 0 Å². The van der Waals surface area contributed by atoms with Crippen LogP contribution in [0.3, 0.4) is 0 Å². The van der Waals surface area contributed by atoms with Crippen LogP contribution < -0.4 is 0 Å². The Labute approximate surface area is 135 Å². The summed E-state index contributed by atoms with van der Waals surface area (Å²) in [5.74, 6) is 0.794. The third-order valence-corrected chi connectivity index (χ3v) is 4.94. The first-order valence-electron chi connectivity index (χ1n) is 8.19. The van der Waals surface area contributed by atoms with Gasteiger partial charge < -0.3 is 9.80 Å². The molecule has 0 radical (unpaired) electrons. The Morgan fingerprint density at radius 2 is 2.09 bits per heavy atom. The summed E-state index contributed by atoms with van der Waals surface area (Å²) >= 11 is 0. The Balaban J connectivity index is 1.63. The smallest absolute Gasteiger partial charge is 0.273 e. The topological polar surface area (TPSA) is 54.3 Å². The molecule has 23 heavy (non-hydrogen) atoms. The predicted octanol–water partition coefficient (Wildman–Crippen LogP) is 1.58. The number of amides is 1. The Morgan fingerprint density at radius 1 is 1.22 bits per heavy atom. The number of rotatable bonds is 2. The van der Waals surface area contributed by atoms with Gasteiger partial charge in [0, 0.05) is 31.0 Å². The summed E-state index contributed by atoms with van der Waals surface area (Å²) in [7, 11) is 2.14. The highest BCUT2D eigenvalue weighted by Crippen LogP contribution is 2.31. The zero-order chi connectivity index (χ0) is 15.8. The highest BCUT2D eigenvalue weighted by molar-refractivity contribution is 5.93. The number of pyridine rings is 1. The molecular formula is C17H21N5O. The van der Waals surface area contributed by atoms with E-state index in [1.54, 1.807) is 12.5 Å². The number of likely N-dealkylation sites (N-methyl/N-ethyl adjacent to an activating group) is 1. The van der Waals surface area contributed by atoms with Gasteiger partial charge >= 0.3 is 0 Å². The van der Waals surface area contributed by atoms with E-state index in [4.69, 9.17) is 0 Å². The van der Waals surface area contributed by atoms with Crippen molar-refractivity contribution >= 4 is 5.91 Å². The van der Waals surface area contributed by atoms with E-state index in [0.29, 0.717) is 17.8 Å². The largest absolute Gasteiger partial charge is 0.330 e. The zero-order valence-electron chi connectivity index (χ0n) is 13.3. The fraction of sp³-hybridized carbons (Fsp3) is 0.471. The van der Waals surface area contributed by atoms with Gasteiger partial charge in [-0.25, -0.2) is 9.97 Å². The third kappa shape index (κ3) is 2.63. The predicted molar refractivity (Wildman–Crippen MR) is 86.5 cm³/mol. The van der Waals surface area contributed by atoms with E-state index in [-0.39, 0.29) is 5.91 Å². The lowest BCUT2D eigenvalue weighted by molar-refractivity contribution is 0.0667. The van der Waals surface area contributed by atoms with Crippen LogP contribution in [-0.2, 0) is 0 Å². The van der Waals surface area contributed by atoms with E-state index >= 15 is 0 Å². The van der Waals surface area contributed by atoms with Crippen LogP contribution in [0.1, 0.15) is 29.8 Å². The molecule has 0 aromatic carbocycles. The first-order chi connectivity index (χ1) is 11.2. The number of hydrogen-bond acceptors (Lipinski definition) is 4. The van der Waals surface area contributed by atoms with Gasteiger partial charge in [-0.2, -0.15) is 0 Å². The van der Waals surface area contributed by atoms with E-state index < -0.39 is 0 Å². The number of fused-ring (bicyclic) bond motifs is 2. The first-order valence-corrected chi connectivity index (χ1v) is 8.19. The lowest BCUT2D eigenvalue weighted by Crippen LogP contribution is -2.43. The van der Waals surface area contributed by atoms with E-state index in [1.165, 1.54) is 0 Å². The maximum absolute atomic E-state index is 13.1. The summed E-state index contributed by atoms with van der Waals surface area (Å²) in [6.07, 6.45) is 8.51. The van der Waals surface area contributed by atoms with E-state index in [2.05, 4.69) is 26.8 Å². The summed E-state index contributed by atoms with van der Waals surface area (Å²) < 4.78 is 1.82. The summed E-state index contributed by atoms with van der Waals surface area (Å²) in [5, 5.41) is 0. The maximum atomic E-state index is 13.1.